The van der Waals surface area contributed by atoms with Gasteiger partial charge in [0.15, 0.2) is 0 Å². The first-order valence-corrected chi connectivity index (χ1v) is 7.35. The zero-order valence-corrected chi connectivity index (χ0v) is 13.4. The van der Waals surface area contributed by atoms with E-state index in [1.54, 1.807) is 17.8 Å². The second-order valence-corrected chi connectivity index (χ2v) is 5.67. The van der Waals surface area contributed by atoms with E-state index in [9.17, 15) is 9.18 Å². The summed E-state index contributed by atoms with van der Waals surface area (Å²) < 4.78 is 20.8. The molecule has 1 aromatic carbocycles. The molecule has 0 unspecified atom stereocenters. The minimum Gasteiger partial charge on any atom is -0.463 e. The molecule has 0 saturated heterocycles. The van der Waals surface area contributed by atoms with Crippen LogP contribution < -0.4 is 0 Å². The van der Waals surface area contributed by atoms with E-state index in [0.29, 0.717) is 17.7 Å². The first-order valence-electron chi connectivity index (χ1n) is 7.35. The van der Waals surface area contributed by atoms with Crippen LogP contribution in [0.1, 0.15) is 31.5 Å². The third-order valence-electron chi connectivity index (χ3n) is 3.28. The van der Waals surface area contributed by atoms with Gasteiger partial charge >= 0.3 is 5.97 Å². The van der Waals surface area contributed by atoms with Crippen LogP contribution in [0.5, 0.6) is 0 Å². The van der Waals surface area contributed by atoms with Crippen molar-refractivity contribution in [1.29, 1.82) is 0 Å². The van der Waals surface area contributed by atoms with Crippen molar-refractivity contribution in [3.8, 4) is 11.3 Å². The van der Waals surface area contributed by atoms with Crippen molar-refractivity contribution in [2.75, 3.05) is 0 Å². The molecule has 0 fully saturated rings. The Morgan fingerprint density at radius 1 is 1.36 bits per heavy atom. The maximum Gasteiger partial charge on any atom is 0.306 e. The number of ether oxygens (including phenoxy) is 1. The highest BCUT2D eigenvalue weighted by molar-refractivity contribution is 5.70. The molecule has 0 atom stereocenters. The monoisotopic (exact) mass is 304 g/mol. The first kappa shape index (κ1) is 16.2. The number of esters is 1. The molecule has 2 rings (SSSR count). The molecule has 4 nitrogen and oxygen atoms in total. The topological polar surface area (TPSA) is 44.1 Å². The summed E-state index contributed by atoms with van der Waals surface area (Å²) in [6, 6.07) is 6.93. The average Bonchev–Trinajstić information content (AvgIpc) is 2.77. The number of halogens is 1. The Morgan fingerprint density at radius 2 is 2.09 bits per heavy atom. The molecule has 0 radical (unpaired) electrons. The molecule has 0 spiro atoms. The highest BCUT2D eigenvalue weighted by Crippen LogP contribution is 2.24. The van der Waals surface area contributed by atoms with E-state index in [4.69, 9.17) is 4.74 Å². The Balaban J connectivity index is 2.13. The smallest absolute Gasteiger partial charge is 0.306 e. The quantitative estimate of drug-likeness (QED) is 0.795. The first-order chi connectivity index (χ1) is 10.4. The minimum atomic E-state index is -0.270. The van der Waals surface area contributed by atoms with Crippen molar-refractivity contribution in [2.24, 2.45) is 7.05 Å². The summed E-state index contributed by atoms with van der Waals surface area (Å²) in [6.07, 6.45) is 0.631. The van der Waals surface area contributed by atoms with Crippen LogP contribution >= 0.6 is 0 Å². The number of aromatic nitrogens is 2. The van der Waals surface area contributed by atoms with Gasteiger partial charge in [0.05, 0.1) is 23.9 Å². The largest absolute Gasteiger partial charge is 0.463 e. The van der Waals surface area contributed by atoms with Crippen molar-refractivity contribution in [3.63, 3.8) is 0 Å². The molecule has 0 N–H and O–H groups in total. The van der Waals surface area contributed by atoms with Gasteiger partial charge < -0.3 is 4.74 Å². The molecule has 0 aliphatic rings. The number of benzene rings is 1. The molecule has 0 saturated carbocycles. The minimum absolute atomic E-state index is 0.117. The maximum atomic E-state index is 14.1. The summed E-state index contributed by atoms with van der Waals surface area (Å²) in [6.45, 7) is 5.48. The molecule has 118 valence electrons. The number of hydrogen-bond donors (Lipinski definition) is 0. The summed E-state index contributed by atoms with van der Waals surface area (Å²) in [5.74, 6) is -0.516. The molecule has 0 bridgehead atoms. The predicted octanol–water partition coefficient (Wildman–Crippen LogP) is 3.42. The van der Waals surface area contributed by atoms with Crippen molar-refractivity contribution in [3.05, 3.63) is 41.3 Å². The van der Waals surface area contributed by atoms with E-state index in [0.717, 1.165) is 11.3 Å². The van der Waals surface area contributed by atoms with Crippen molar-refractivity contribution in [2.45, 2.75) is 39.7 Å². The van der Waals surface area contributed by atoms with Crippen LogP contribution in [0.25, 0.3) is 11.3 Å². The molecule has 2 aromatic rings. The lowest BCUT2D eigenvalue weighted by molar-refractivity contribution is -0.147. The van der Waals surface area contributed by atoms with Crippen LogP contribution in [-0.4, -0.2) is 21.9 Å². The fourth-order valence-electron chi connectivity index (χ4n) is 2.28. The summed E-state index contributed by atoms with van der Waals surface area (Å²) in [5, 5.41) is 4.34. The zero-order chi connectivity index (χ0) is 16.3. The third-order valence-corrected chi connectivity index (χ3v) is 3.28. The fourth-order valence-corrected chi connectivity index (χ4v) is 2.28. The van der Waals surface area contributed by atoms with Crippen LogP contribution in [-0.2, 0) is 23.0 Å². The van der Waals surface area contributed by atoms with Crippen LogP contribution in [0, 0.1) is 12.7 Å². The number of rotatable bonds is 5. The SMILES string of the molecule is Cc1ccc(-c2cc(CCC(=O)OC(C)C)nn2C)c(F)c1. The van der Waals surface area contributed by atoms with Gasteiger partial charge in [0.1, 0.15) is 5.82 Å². The van der Waals surface area contributed by atoms with Crippen molar-refractivity contribution < 1.29 is 13.9 Å². The molecular formula is C17H21FN2O2. The van der Waals surface area contributed by atoms with Gasteiger partial charge in [-0.25, -0.2) is 4.39 Å². The number of aryl methyl sites for hydroxylation is 3. The second-order valence-electron chi connectivity index (χ2n) is 5.67. The van der Waals surface area contributed by atoms with Gasteiger partial charge in [-0.2, -0.15) is 5.10 Å². The van der Waals surface area contributed by atoms with Gasteiger partial charge in [-0.15, -0.1) is 0 Å². The van der Waals surface area contributed by atoms with E-state index in [2.05, 4.69) is 5.10 Å². The predicted molar refractivity (Wildman–Crippen MR) is 82.9 cm³/mol. The Labute approximate surface area is 129 Å². The van der Waals surface area contributed by atoms with E-state index >= 15 is 0 Å². The van der Waals surface area contributed by atoms with Crippen LogP contribution in [0.2, 0.25) is 0 Å². The lowest BCUT2D eigenvalue weighted by Crippen LogP contribution is -2.12. The molecule has 1 aromatic heterocycles. The lowest BCUT2D eigenvalue weighted by atomic mass is 10.1. The molecule has 0 amide bonds. The van der Waals surface area contributed by atoms with Gasteiger partial charge in [0.25, 0.3) is 0 Å². The summed E-state index contributed by atoms with van der Waals surface area (Å²) in [5.41, 5.74) is 2.83. The Kier molecular flexibility index (Phi) is 4.96. The number of carbonyl (C=O) groups is 1. The summed E-state index contributed by atoms with van der Waals surface area (Å²) in [7, 11) is 1.77. The maximum absolute atomic E-state index is 14.1. The van der Waals surface area contributed by atoms with Gasteiger partial charge in [0, 0.05) is 19.0 Å². The van der Waals surface area contributed by atoms with Gasteiger partial charge in [0.2, 0.25) is 0 Å². The van der Waals surface area contributed by atoms with Crippen LogP contribution in [0.3, 0.4) is 0 Å². The molecule has 0 aliphatic carbocycles. The van der Waals surface area contributed by atoms with E-state index in [-0.39, 0.29) is 24.3 Å². The van der Waals surface area contributed by atoms with E-state index in [1.807, 2.05) is 32.9 Å². The molecule has 0 aliphatic heterocycles. The zero-order valence-electron chi connectivity index (χ0n) is 13.4. The standard InChI is InChI=1S/C17H21FN2O2/c1-11(2)22-17(21)8-6-13-10-16(20(4)19-13)14-7-5-12(3)9-15(14)18/h5,7,9-11H,6,8H2,1-4H3. The molecular weight excluding hydrogens is 283 g/mol. The molecule has 1 heterocycles. The second kappa shape index (κ2) is 6.73. The fraction of sp³-hybridized carbons (Fsp3) is 0.412. The van der Waals surface area contributed by atoms with Crippen LogP contribution in [0.4, 0.5) is 4.39 Å². The van der Waals surface area contributed by atoms with Gasteiger partial charge in [-0.3, -0.25) is 9.48 Å². The average molecular weight is 304 g/mol. The Bertz CT molecular complexity index is 677. The van der Waals surface area contributed by atoms with Crippen molar-refractivity contribution in [1.82, 2.24) is 9.78 Å². The Hall–Kier alpha value is -2.17. The van der Waals surface area contributed by atoms with E-state index < -0.39 is 0 Å². The van der Waals surface area contributed by atoms with Gasteiger partial charge in [-0.1, -0.05) is 6.07 Å². The summed E-state index contributed by atoms with van der Waals surface area (Å²) >= 11 is 0. The highest BCUT2D eigenvalue weighted by Gasteiger charge is 2.13. The van der Waals surface area contributed by atoms with E-state index in [1.165, 1.54) is 6.07 Å². The number of hydrogen-bond acceptors (Lipinski definition) is 3. The third kappa shape index (κ3) is 3.93. The van der Waals surface area contributed by atoms with Crippen molar-refractivity contribution >= 4 is 5.97 Å². The molecule has 22 heavy (non-hydrogen) atoms. The normalized spacial score (nSPS) is 11.0. The van der Waals surface area contributed by atoms with Gasteiger partial charge in [-0.05, 0) is 44.5 Å². The number of carbonyl (C=O) groups excluding carboxylic acids is 1. The van der Waals surface area contributed by atoms with Crippen LogP contribution in [0.15, 0.2) is 24.3 Å². The number of nitrogens with zero attached hydrogens (tertiary/aromatic N) is 2. The summed E-state index contributed by atoms with van der Waals surface area (Å²) in [4.78, 5) is 11.6. The lowest BCUT2D eigenvalue weighted by Gasteiger charge is -2.06. The Morgan fingerprint density at radius 3 is 2.73 bits per heavy atom. The molecule has 5 heteroatoms. The highest BCUT2D eigenvalue weighted by atomic mass is 19.1.